The number of hydrogen-bond donors (Lipinski definition) is 1. The number of ether oxygens (including phenoxy) is 1. The van der Waals surface area contributed by atoms with Crippen molar-refractivity contribution in [1.29, 1.82) is 0 Å². The van der Waals surface area contributed by atoms with Crippen LogP contribution in [0, 0.1) is 0 Å². The first kappa shape index (κ1) is 11.6. The molecule has 0 saturated carbocycles. The normalized spacial score (nSPS) is 12.1. The molecule has 1 unspecified atom stereocenters. The molecule has 17 heavy (non-hydrogen) atoms. The molecule has 0 saturated heterocycles. The Morgan fingerprint density at radius 3 is 2.88 bits per heavy atom. The molecule has 0 aliphatic heterocycles. The minimum absolute atomic E-state index is 0.313. The van der Waals surface area contributed by atoms with Gasteiger partial charge in [-0.2, -0.15) is 0 Å². The van der Waals surface area contributed by atoms with E-state index in [4.69, 9.17) is 9.15 Å². The summed E-state index contributed by atoms with van der Waals surface area (Å²) < 4.78 is 10.5. The highest BCUT2D eigenvalue weighted by Gasteiger charge is 2.05. The van der Waals surface area contributed by atoms with Crippen molar-refractivity contribution >= 4 is 5.69 Å². The second-order valence-corrected chi connectivity index (χ2v) is 4.06. The van der Waals surface area contributed by atoms with Gasteiger partial charge in [-0.25, -0.2) is 0 Å². The maximum atomic E-state index is 5.32. The summed E-state index contributed by atoms with van der Waals surface area (Å²) in [5.74, 6) is 1.85. The number of hydrogen-bond acceptors (Lipinski definition) is 3. The van der Waals surface area contributed by atoms with Crippen LogP contribution in [0.15, 0.2) is 47.1 Å². The van der Waals surface area contributed by atoms with Gasteiger partial charge in [0.1, 0.15) is 11.5 Å². The van der Waals surface area contributed by atoms with Gasteiger partial charge < -0.3 is 14.5 Å². The van der Waals surface area contributed by atoms with Crippen LogP contribution in [0.4, 0.5) is 5.69 Å². The van der Waals surface area contributed by atoms with E-state index < -0.39 is 0 Å². The van der Waals surface area contributed by atoms with Crippen molar-refractivity contribution in [2.45, 2.75) is 19.4 Å². The molecular weight excluding hydrogens is 214 g/mol. The van der Waals surface area contributed by atoms with E-state index in [1.54, 1.807) is 13.4 Å². The lowest BCUT2D eigenvalue weighted by Gasteiger charge is -2.14. The molecule has 0 amide bonds. The van der Waals surface area contributed by atoms with Crippen LogP contribution in [-0.2, 0) is 6.42 Å². The van der Waals surface area contributed by atoms with Crippen molar-refractivity contribution in [2.24, 2.45) is 0 Å². The Morgan fingerprint density at radius 2 is 2.18 bits per heavy atom. The van der Waals surface area contributed by atoms with Crippen LogP contribution in [0.25, 0.3) is 0 Å². The van der Waals surface area contributed by atoms with E-state index in [1.807, 2.05) is 36.4 Å². The SMILES string of the molecule is COc1cccc(NC(C)Cc2ccco2)c1. The summed E-state index contributed by atoms with van der Waals surface area (Å²) in [6.45, 7) is 2.13. The van der Waals surface area contributed by atoms with Crippen molar-refractivity contribution in [3.8, 4) is 5.75 Å². The van der Waals surface area contributed by atoms with Gasteiger partial charge in [-0.1, -0.05) is 6.07 Å². The van der Waals surface area contributed by atoms with Crippen molar-refractivity contribution in [3.63, 3.8) is 0 Å². The first-order chi connectivity index (χ1) is 8.28. The van der Waals surface area contributed by atoms with E-state index >= 15 is 0 Å². The van der Waals surface area contributed by atoms with Gasteiger partial charge in [-0.15, -0.1) is 0 Å². The third-order valence-corrected chi connectivity index (χ3v) is 2.57. The molecule has 0 aliphatic carbocycles. The quantitative estimate of drug-likeness (QED) is 0.857. The van der Waals surface area contributed by atoms with Gasteiger partial charge in [0.05, 0.1) is 13.4 Å². The number of furan rings is 1. The van der Waals surface area contributed by atoms with Crippen LogP contribution >= 0.6 is 0 Å². The number of rotatable bonds is 5. The fourth-order valence-electron chi connectivity index (χ4n) is 1.78. The summed E-state index contributed by atoms with van der Waals surface area (Å²) in [5, 5.41) is 3.41. The zero-order valence-corrected chi connectivity index (χ0v) is 10.1. The third-order valence-electron chi connectivity index (χ3n) is 2.57. The molecular formula is C14H17NO2. The van der Waals surface area contributed by atoms with Gasteiger partial charge in [-0.3, -0.25) is 0 Å². The molecule has 0 spiro atoms. The third kappa shape index (κ3) is 3.28. The minimum atomic E-state index is 0.313. The van der Waals surface area contributed by atoms with E-state index in [-0.39, 0.29) is 0 Å². The number of benzene rings is 1. The summed E-state index contributed by atoms with van der Waals surface area (Å²) in [5.41, 5.74) is 1.06. The Balaban J connectivity index is 1.95. The van der Waals surface area contributed by atoms with Gasteiger partial charge >= 0.3 is 0 Å². The molecule has 3 nitrogen and oxygen atoms in total. The number of methoxy groups -OCH3 is 1. The van der Waals surface area contributed by atoms with E-state index in [0.29, 0.717) is 6.04 Å². The number of anilines is 1. The maximum absolute atomic E-state index is 5.32. The van der Waals surface area contributed by atoms with Gasteiger partial charge in [0.15, 0.2) is 0 Å². The second kappa shape index (κ2) is 5.43. The van der Waals surface area contributed by atoms with Crippen LogP contribution in [0.2, 0.25) is 0 Å². The molecule has 1 N–H and O–H groups in total. The zero-order valence-electron chi connectivity index (χ0n) is 10.1. The van der Waals surface area contributed by atoms with Gasteiger partial charge in [0, 0.05) is 24.2 Å². The van der Waals surface area contributed by atoms with Crippen molar-refractivity contribution in [2.75, 3.05) is 12.4 Å². The van der Waals surface area contributed by atoms with E-state index in [2.05, 4.69) is 12.2 Å². The highest BCUT2D eigenvalue weighted by atomic mass is 16.5. The lowest BCUT2D eigenvalue weighted by molar-refractivity contribution is 0.415. The van der Waals surface area contributed by atoms with Crippen molar-refractivity contribution < 1.29 is 9.15 Å². The number of nitrogens with one attached hydrogen (secondary N) is 1. The largest absolute Gasteiger partial charge is 0.497 e. The lowest BCUT2D eigenvalue weighted by Crippen LogP contribution is -2.17. The van der Waals surface area contributed by atoms with Crippen LogP contribution < -0.4 is 10.1 Å². The highest BCUT2D eigenvalue weighted by molar-refractivity contribution is 5.48. The highest BCUT2D eigenvalue weighted by Crippen LogP contribution is 2.18. The van der Waals surface area contributed by atoms with Crippen LogP contribution in [0.5, 0.6) is 5.75 Å². The Morgan fingerprint density at radius 1 is 1.29 bits per heavy atom. The Kier molecular flexibility index (Phi) is 3.70. The molecule has 0 fully saturated rings. The fourth-order valence-corrected chi connectivity index (χ4v) is 1.78. The predicted octanol–water partition coefficient (Wildman–Crippen LogP) is 3.33. The smallest absolute Gasteiger partial charge is 0.120 e. The molecule has 0 bridgehead atoms. The summed E-state index contributed by atoms with van der Waals surface area (Å²) in [4.78, 5) is 0. The standard InChI is InChI=1S/C14H17NO2/c1-11(9-14-7-4-8-17-14)15-12-5-3-6-13(10-12)16-2/h3-8,10-11,15H,9H2,1-2H3. The Hall–Kier alpha value is -1.90. The summed E-state index contributed by atoms with van der Waals surface area (Å²) in [6.07, 6.45) is 2.57. The van der Waals surface area contributed by atoms with Crippen molar-refractivity contribution in [3.05, 3.63) is 48.4 Å². The summed E-state index contributed by atoms with van der Waals surface area (Å²) >= 11 is 0. The average molecular weight is 231 g/mol. The fraction of sp³-hybridized carbons (Fsp3) is 0.286. The molecule has 0 radical (unpaired) electrons. The molecule has 90 valence electrons. The minimum Gasteiger partial charge on any atom is -0.497 e. The van der Waals surface area contributed by atoms with Gasteiger partial charge in [0.25, 0.3) is 0 Å². The first-order valence-electron chi connectivity index (χ1n) is 5.71. The molecule has 1 heterocycles. The molecule has 2 rings (SSSR count). The molecule has 3 heteroatoms. The molecule has 2 aromatic rings. The monoisotopic (exact) mass is 231 g/mol. The lowest BCUT2D eigenvalue weighted by atomic mass is 10.2. The van der Waals surface area contributed by atoms with E-state index in [1.165, 1.54) is 0 Å². The Bertz CT molecular complexity index is 451. The Labute approximate surface area is 101 Å². The van der Waals surface area contributed by atoms with Crippen molar-refractivity contribution in [1.82, 2.24) is 0 Å². The first-order valence-corrected chi connectivity index (χ1v) is 5.71. The van der Waals surface area contributed by atoms with Crippen LogP contribution in [0.3, 0.4) is 0 Å². The maximum Gasteiger partial charge on any atom is 0.120 e. The zero-order chi connectivity index (χ0) is 12.1. The predicted molar refractivity (Wildman–Crippen MR) is 68.5 cm³/mol. The van der Waals surface area contributed by atoms with E-state index in [9.17, 15) is 0 Å². The van der Waals surface area contributed by atoms with Crippen LogP contribution in [0.1, 0.15) is 12.7 Å². The average Bonchev–Trinajstić information content (AvgIpc) is 2.82. The molecule has 0 aliphatic rings. The summed E-state index contributed by atoms with van der Waals surface area (Å²) in [7, 11) is 1.67. The molecule has 1 aromatic heterocycles. The summed E-state index contributed by atoms with van der Waals surface area (Å²) in [6, 6.07) is 12.1. The van der Waals surface area contributed by atoms with Gasteiger partial charge in [0.2, 0.25) is 0 Å². The molecule has 1 aromatic carbocycles. The van der Waals surface area contributed by atoms with Crippen LogP contribution in [-0.4, -0.2) is 13.2 Å². The van der Waals surface area contributed by atoms with Gasteiger partial charge in [-0.05, 0) is 31.2 Å². The van der Waals surface area contributed by atoms with E-state index in [0.717, 1.165) is 23.6 Å². The second-order valence-electron chi connectivity index (χ2n) is 4.06. The molecule has 1 atom stereocenters. The topological polar surface area (TPSA) is 34.4 Å².